The summed E-state index contributed by atoms with van der Waals surface area (Å²) < 4.78 is 5.87. The molecule has 33 heavy (non-hydrogen) atoms. The lowest BCUT2D eigenvalue weighted by atomic mass is 10.1. The van der Waals surface area contributed by atoms with Crippen LogP contribution in [-0.4, -0.2) is 42.0 Å². The molecular formula is C27H27N3O2S. The number of aryl methyl sites for hydroxylation is 2. The van der Waals surface area contributed by atoms with E-state index in [9.17, 15) is 4.79 Å². The zero-order chi connectivity index (χ0) is 22.8. The molecule has 2 heterocycles. The number of thioether (sulfide) groups is 1. The van der Waals surface area contributed by atoms with Gasteiger partial charge in [0.25, 0.3) is 11.1 Å². The molecule has 6 heteroatoms. The Hall–Kier alpha value is -3.25. The van der Waals surface area contributed by atoms with Crippen LogP contribution < -0.4 is 4.90 Å². The predicted molar refractivity (Wildman–Crippen MR) is 134 cm³/mol. The summed E-state index contributed by atoms with van der Waals surface area (Å²) in [6, 6.07) is 22.3. The monoisotopic (exact) mass is 457 g/mol. The number of oxazole rings is 1. The van der Waals surface area contributed by atoms with Gasteiger partial charge in [-0.05, 0) is 54.8 Å². The quantitative estimate of drug-likeness (QED) is 0.360. The number of aromatic nitrogens is 1. The van der Waals surface area contributed by atoms with Gasteiger partial charge in [-0.2, -0.15) is 0 Å². The molecule has 1 saturated heterocycles. The number of piperazine rings is 1. The molecule has 5 rings (SSSR count). The van der Waals surface area contributed by atoms with Crippen LogP contribution in [0.5, 0.6) is 0 Å². The van der Waals surface area contributed by atoms with E-state index in [2.05, 4.69) is 41.1 Å². The fourth-order valence-corrected chi connectivity index (χ4v) is 5.09. The molecule has 5 nitrogen and oxygen atoms in total. The standard InChI is InChI=1S/C27H27N3O2S/c1-19-7-3-4-11-23(19)29-13-15-30(16-14-29)26(31)22-10-6-9-21(17-22)18-33-27-28-25-20(2)8-5-12-24(25)32-27/h3-12,17H,13-16,18H2,1-2H3. The second-order valence-electron chi connectivity index (χ2n) is 8.46. The first kappa shape index (κ1) is 21.6. The molecule has 0 unspecified atom stereocenters. The molecule has 1 aromatic heterocycles. The lowest BCUT2D eigenvalue weighted by molar-refractivity contribution is 0.0746. The number of fused-ring (bicyclic) bond motifs is 1. The second-order valence-corrected chi connectivity index (χ2v) is 9.38. The van der Waals surface area contributed by atoms with Gasteiger partial charge in [-0.25, -0.2) is 4.98 Å². The molecule has 0 N–H and O–H groups in total. The minimum atomic E-state index is 0.101. The summed E-state index contributed by atoms with van der Waals surface area (Å²) in [5.74, 6) is 0.803. The fourth-order valence-electron chi connectivity index (χ4n) is 4.32. The van der Waals surface area contributed by atoms with Crippen molar-refractivity contribution in [3.05, 3.63) is 89.0 Å². The van der Waals surface area contributed by atoms with E-state index in [1.165, 1.54) is 11.3 Å². The van der Waals surface area contributed by atoms with Gasteiger partial charge in [-0.3, -0.25) is 4.79 Å². The summed E-state index contributed by atoms with van der Waals surface area (Å²) in [7, 11) is 0. The SMILES string of the molecule is Cc1ccccc1N1CCN(C(=O)c2cccc(CSc3nc4c(C)cccc4o3)c2)CC1. The Balaban J connectivity index is 1.22. The third kappa shape index (κ3) is 4.62. The smallest absolute Gasteiger partial charge is 0.257 e. The summed E-state index contributed by atoms with van der Waals surface area (Å²) in [5.41, 5.74) is 7.20. The van der Waals surface area contributed by atoms with Crippen LogP contribution in [0.2, 0.25) is 0 Å². The highest BCUT2D eigenvalue weighted by Gasteiger charge is 2.23. The average molecular weight is 458 g/mol. The van der Waals surface area contributed by atoms with Crippen LogP contribution in [0.15, 0.2) is 76.4 Å². The van der Waals surface area contributed by atoms with Gasteiger partial charge >= 0.3 is 0 Å². The van der Waals surface area contributed by atoms with Crippen molar-refractivity contribution in [1.29, 1.82) is 0 Å². The maximum atomic E-state index is 13.2. The first-order valence-corrected chi connectivity index (χ1v) is 12.2. The van der Waals surface area contributed by atoms with Gasteiger partial charge in [-0.1, -0.05) is 54.2 Å². The zero-order valence-corrected chi connectivity index (χ0v) is 19.8. The number of hydrogen-bond donors (Lipinski definition) is 0. The molecule has 1 fully saturated rings. The van der Waals surface area contributed by atoms with Crippen molar-refractivity contribution in [1.82, 2.24) is 9.88 Å². The summed E-state index contributed by atoms with van der Waals surface area (Å²) in [6.45, 7) is 7.34. The van der Waals surface area contributed by atoms with Gasteiger partial charge in [0.1, 0.15) is 5.52 Å². The number of nitrogens with zero attached hydrogens (tertiary/aromatic N) is 3. The highest BCUT2D eigenvalue weighted by molar-refractivity contribution is 7.98. The van der Waals surface area contributed by atoms with Crippen molar-refractivity contribution in [2.75, 3.05) is 31.1 Å². The Kier molecular flexibility index (Phi) is 6.09. The molecule has 0 bridgehead atoms. The lowest BCUT2D eigenvalue weighted by Gasteiger charge is -2.36. The van der Waals surface area contributed by atoms with Crippen LogP contribution in [0.3, 0.4) is 0 Å². The van der Waals surface area contributed by atoms with Crippen LogP contribution in [0, 0.1) is 13.8 Å². The molecule has 1 amide bonds. The number of hydrogen-bond acceptors (Lipinski definition) is 5. The third-order valence-electron chi connectivity index (χ3n) is 6.16. The van der Waals surface area contributed by atoms with E-state index >= 15 is 0 Å². The van der Waals surface area contributed by atoms with Crippen LogP contribution in [0.1, 0.15) is 27.0 Å². The van der Waals surface area contributed by atoms with Gasteiger partial charge in [0.2, 0.25) is 0 Å². The van der Waals surface area contributed by atoms with Crippen molar-refractivity contribution in [3.8, 4) is 0 Å². The molecule has 3 aromatic carbocycles. The molecule has 0 aliphatic carbocycles. The van der Waals surface area contributed by atoms with E-state index in [4.69, 9.17) is 4.42 Å². The Labute approximate surface area is 198 Å². The zero-order valence-electron chi connectivity index (χ0n) is 19.0. The molecule has 0 saturated carbocycles. The molecule has 0 spiro atoms. The Morgan fingerprint density at radius 2 is 1.70 bits per heavy atom. The first-order chi connectivity index (χ1) is 16.1. The summed E-state index contributed by atoms with van der Waals surface area (Å²) in [5, 5.41) is 0.656. The normalized spacial score (nSPS) is 14.1. The van der Waals surface area contributed by atoms with E-state index in [1.54, 1.807) is 11.8 Å². The van der Waals surface area contributed by atoms with Gasteiger partial charge in [-0.15, -0.1) is 0 Å². The van der Waals surface area contributed by atoms with Gasteiger partial charge < -0.3 is 14.2 Å². The maximum absolute atomic E-state index is 13.2. The topological polar surface area (TPSA) is 49.6 Å². The molecular weight excluding hydrogens is 430 g/mol. The Bertz CT molecular complexity index is 1290. The molecule has 1 aliphatic heterocycles. The number of benzene rings is 3. The van der Waals surface area contributed by atoms with E-state index in [-0.39, 0.29) is 5.91 Å². The first-order valence-electron chi connectivity index (χ1n) is 11.3. The minimum absolute atomic E-state index is 0.101. The number of carbonyl (C=O) groups excluding carboxylic acids is 1. The fraction of sp³-hybridized carbons (Fsp3) is 0.259. The Morgan fingerprint density at radius 1 is 0.939 bits per heavy atom. The van der Waals surface area contributed by atoms with E-state index in [0.717, 1.165) is 54.0 Å². The predicted octanol–water partition coefficient (Wildman–Crippen LogP) is 5.70. The van der Waals surface area contributed by atoms with Crippen molar-refractivity contribution < 1.29 is 9.21 Å². The van der Waals surface area contributed by atoms with E-state index < -0.39 is 0 Å². The van der Waals surface area contributed by atoms with Gasteiger partial charge in [0.15, 0.2) is 5.58 Å². The number of carbonyl (C=O) groups is 1. The van der Waals surface area contributed by atoms with E-state index in [1.807, 2.05) is 54.3 Å². The van der Waals surface area contributed by atoms with Crippen LogP contribution >= 0.6 is 11.8 Å². The molecule has 0 radical (unpaired) electrons. The minimum Gasteiger partial charge on any atom is -0.431 e. The number of anilines is 1. The molecule has 1 aliphatic rings. The largest absolute Gasteiger partial charge is 0.431 e. The highest BCUT2D eigenvalue weighted by Crippen LogP contribution is 2.28. The summed E-state index contributed by atoms with van der Waals surface area (Å²) in [4.78, 5) is 22.1. The van der Waals surface area contributed by atoms with Crippen molar-refractivity contribution in [2.45, 2.75) is 24.8 Å². The third-order valence-corrected chi connectivity index (χ3v) is 7.06. The Morgan fingerprint density at radius 3 is 2.48 bits per heavy atom. The summed E-state index contributed by atoms with van der Waals surface area (Å²) >= 11 is 1.55. The number of para-hydroxylation sites is 2. The molecule has 4 aromatic rings. The lowest BCUT2D eigenvalue weighted by Crippen LogP contribution is -2.49. The second kappa shape index (κ2) is 9.32. The molecule has 0 atom stereocenters. The van der Waals surface area contributed by atoms with Crippen LogP contribution in [0.4, 0.5) is 5.69 Å². The van der Waals surface area contributed by atoms with Crippen molar-refractivity contribution >= 4 is 34.5 Å². The van der Waals surface area contributed by atoms with Gasteiger partial charge in [0.05, 0.1) is 0 Å². The van der Waals surface area contributed by atoms with Crippen molar-refractivity contribution in [2.24, 2.45) is 0 Å². The molecule has 168 valence electrons. The maximum Gasteiger partial charge on any atom is 0.257 e. The summed E-state index contributed by atoms with van der Waals surface area (Å²) in [6.07, 6.45) is 0. The van der Waals surface area contributed by atoms with Gasteiger partial charge in [0, 0.05) is 43.2 Å². The van der Waals surface area contributed by atoms with Crippen molar-refractivity contribution in [3.63, 3.8) is 0 Å². The number of amides is 1. The van der Waals surface area contributed by atoms with E-state index in [0.29, 0.717) is 11.0 Å². The average Bonchev–Trinajstić information content (AvgIpc) is 3.28. The van der Waals surface area contributed by atoms with Crippen LogP contribution in [-0.2, 0) is 5.75 Å². The highest BCUT2D eigenvalue weighted by atomic mass is 32.2. The van der Waals surface area contributed by atoms with Crippen LogP contribution in [0.25, 0.3) is 11.1 Å². The number of rotatable bonds is 5.